The fourth-order valence-electron chi connectivity index (χ4n) is 1.66. The summed E-state index contributed by atoms with van der Waals surface area (Å²) in [5.41, 5.74) is 2.05. The predicted octanol–water partition coefficient (Wildman–Crippen LogP) is 3.23. The second kappa shape index (κ2) is 6.47. The van der Waals surface area contributed by atoms with Crippen molar-refractivity contribution in [3.8, 4) is 0 Å². The molecule has 0 aliphatic carbocycles. The molecule has 1 heterocycles. The number of nitrogens with one attached hydrogen (secondary N) is 2. The standard InChI is InChI=1S/C14H15BrN4O/c1-3-16-12-8-7-11(18-19-12)14(20)17-10-6-4-5-9(2)13(10)15/h4-8H,3H2,1-2H3,(H,16,19)(H,17,20). The maximum atomic E-state index is 12.1. The van der Waals surface area contributed by atoms with E-state index in [-0.39, 0.29) is 11.6 Å². The number of halogens is 1. The molecule has 0 saturated heterocycles. The third-order valence-corrected chi connectivity index (χ3v) is 3.75. The third kappa shape index (κ3) is 3.33. The molecule has 2 N–H and O–H groups in total. The highest BCUT2D eigenvalue weighted by Crippen LogP contribution is 2.25. The zero-order valence-corrected chi connectivity index (χ0v) is 12.9. The minimum atomic E-state index is -0.285. The van der Waals surface area contributed by atoms with E-state index >= 15 is 0 Å². The van der Waals surface area contributed by atoms with Crippen molar-refractivity contribution in [3.05, 3.63) is 46.1 Å². The van der Waals surface area contributed by atoms with Gasteiger partial charge in [-0.2, -0.15) is 0 Å². The molecule has 0 fully saturated rings. The first-order valence-corrected chi connectivity index (χ1v) is 7.05. The van der Waals surface area contributed by atoms with Crippen LogP contribution < -0.4 is 10.6 Å². The van der Waals surface area contributed by atoms with E-state index in [1.165, 1.54) is 0 Å². The van der Waals surface area contributed by atoms with Gasteiger partial charge in [0.25, 0.3) is 5.91 Å². The Bertz CT molecular complexity index is 613. The fourth-order valence-corrected chi connectivity index (χ4v) is 2.02. The number of benzene rings is 1. The van der Waals surface area contributed by atoms with Gasteiger partial charge < -0.3 is 10.6 Å². The van der Waals surface area contributed by atoms with Gasteiger partial charge in [0.05, 0.1) is 5.69 Å². The highest BCUT2D eigenvalue weighted by atomic mass is 79.9. The Kier molecular flexibility index (Phi) is 4.68. The molecule has 5 nitrogen and oxygen atoms in total. The van der Waals surface area contributed by atoms with Crippen LogP contribution in [0.5, 0.6) is 0 Å². The Morgan fingerprint density at radius 2 is 2.05 bits per heavy atom. The highest BCUT2D eigenvalue weighted by molar-refractivity contribution is 9.10. The summed E-state index contributed by atoms with van der Waals surface area (Å²) in [7, 11) is 0. The van der Waals surface area contributed by atoms with Crippen LogP contribution in [-0.2, 0) is 0 Å². The lowest BCUT2D eigenvalue weighted by Gasteiger charge is -2.08. The number of amides is 1. The molecule has 0 saturated carbocycles. The van der Waals surface area contributed by atoms with E-state index in [9.17, 15) is 4.79 Å². The quantitative estimate of drug-likeness (QED) is 0.900. The molecule has 0 unspecified atom stereocenters. The monoisotopic (exact) mass is 334 g/mol. The predicted molar refractivity (Wildman–Crippen MR) is 83.0 cm³/mol. The molecular weight excluding hydrogens is 320 g/mol. The van der Waals surface area contributed by atoms with E-state index in [0.717, 1.165) is 16.6 Å². The van der Waals surface area contributed by atoms with Gasteiger partial charge in [-0.25, -0.2) is 0 Å². The molecule has 0 radical (unpaired) electrons. The summed E-state index contributed by atoms with van der Waals surface area (Å²) < 4.78 is 0.866. The van der Waals surface area contributed by atoms with Crippen molar-refractivity contribution in [1.29, 1.82) is 0 Å². The van der Waals surface area contributed by atoms with E-state index in [1.54, 1.807) is 12.1 Å². The number of carbonyl (C=O) groups is 1. The van der Waals surface area contributed by atoms with Crippen molar-refractivity contribution in [2.75, 3.05) is 17.2 Å². The number of nitrogens with zero attached hydrogens (tertiary/aromatic N) is 2. The first-order chi connectivity index (χ1) is 9.61. The summed E-state index contributed by atoms with van der Waals surface area (Å²) in [6.45, 7) is 4.69. The molecule has 20 heavy (non-hydrogen) atoms. The van der Waals surface area contributed by atoms with Crippen molar-refractivity contribution in [2.24, 2.45) is 0 Å². The maximum absolute atomic E-state index is 12.1. The summed E-state index contributed by atoms with van der Waals surface area (Å²) >= 11 is 3.45. The SMILES string of the molecule is CCNc1ccc(C(=O)Nc2cccc(C)c2Br)nn1. The zero-order valence-electron chi connectivity index (χ0n) is 11.3. The lowest BCUT2D eigenvalue weighted by molar-refractivity contribution is 0.102. The number of anilines is 2. The van der Waals surface area contributed by atoms with Crippen molar-refractivity contribution in [2.45, 2.75) is 13.8 Å². The zero-order chi connectivity index (χ0) is 14.5. The van der Waals surface area contributed by atoms with Crippen LogP contribution in [0.2, 0.25) is 0 Å². The van der Waals surface area contributed by atoms with Crippen molar-refractivity contribution >= 4 is 33.3 Å². The summed E-state index contributed by atoms with van der Waals surface area (Å²) in [6, 6.07) is 9.05. The van der Waals surface area contributed by atoms with E-state index < -0.39 is 0 Å². The Morgan fingerprint density at radius 3 is 2.70 bits per heavy atom. The minimum absolute atomic E-state index is 0.278. The molecular formula is C14H15BrN4O. The first kappa shape index (κ1) is 14.5. The van der Waals surface area contributed by atoms with Crippen LogP contribution in [0.25, 0.3) is 0 Å². The topological polar surface area (TPSA) is 66.9 Å². The lowest BCUT2D eigenvalue weighted by atomic mass is 10.2. The summed E-state index contributed by atoms with van der Waals surface area (Å²) in [4.78, 5) is 12.1. The van der Waals surface area contributed by atoms with Gasteiger partial charge in [0.2, 0.25) is 0 Å². The molecule has 0 spiro atoms. The van der Waals surface area contributed by atoms with Crippen LogP contribution >= 0.6 is 15.9 Å². The average molecular weight is 335 g/mol. The number of rotatable bonds is 4. The van der Waals surface area contributed by atoms with E-state index in [4.69, 9.17) is 0 Å². The normalized spacial score (nSPS) is 10.2. The van der Waals surface area contributed by atoms with Crippen molar-refractivity contribution < 1.29 is 4.79 Å². The summed E-state index contributed by atoms with van der Waals surface area (Å²) in [5.74, 6) is 0.368. The van der Waals surface area contributed by atoms with E-state index in [0.29, 0.717) is 11.5 Å². The van der Waals surface area contributed by atoms with Crippen LogP contribution in [0.1, 0.15) is 23.0 Å². The summed E-state index contributed by atoms with van der Waals surface area (Å²) in [6.07, 6.45) is 0. The van der Waals surface area contributed by atoms with Gasteiger partial charge in [0.15, 0.2) is 5.69 Å². The van der Waals surface area contributed by atoms with E-state index in [1.807, 2.05) is 32.0 Å². The van der Waals surface area contributed by atoms with Crippen LogP contribution in [0, 0.1) is 6.92 Å². The fraction of sp³-hybridized carbons (Fsp3) is 0.214. The number of aromatic nitrogens is 2. The van der Waals surface area contributed by atoms with Crippen molar-refractivity contribution in [1.82, 2.24) is 10.2 Å². The Morgan fingerprint density at radius 1 is 1.25 bits per heavy atom. The van der Waals surface area contributed by atoms with Gasteiger partial charge in [0.1, 0.15) is 5.82 Å². The Balaban J connectivity index is 2.13. The Hall–Kier alpha value is -1.95. The van der Waals surface area contributed by atoms with Gasteiger partial charge in [-0.15, -0.1) is 10.2 Å². The third-order valence-electron chi connectivity index (χ3n) is 2.70. The molecule has 1 aromatic carbocycles. The molecule has 2 aromatic rings. The number of hydrogen-bond acceptors (Lipinski definition) is 4. The highest BCUT2D eigenvalue weighted by Gasteiger charge is 2.11. The van der Waals surface area contributed by atoms with Crippen LogP contribution in [0.4, 0.5) is 11.5 Å². The minimum Gasteiger partial charge on any atom is -0.369 e. The molecule has 0 aliphatic heterocycles. The summed E-state index contributed by atoms with van der Waals surface area (Å²) in [5, 5.41) is 13.7. The second-order valence-corrected chi connectivity index (χ2v) is 5.02. The molecule has 0 aliphatic rings. The lowest BCUT2D eigenvalue weighted by Crippen LogP contribution is -2.15. The van der Waals surface area contributed by atoms with Crippen LogP contribution in [-0.4, -0.2) is 22.6 Å². The molecule has 2 rings (SSSR count). The number of carbonyl (C=O) groups excluding carboxylic acids is 1. The van der Waals surface area contributed by atoms with Gasteiger partial charge in [0, 0.05) is 11.0 Å². The largest absolute Gasteiger partial charge is 0.369 e. The van der Waals surface area contributed by atoms with Gasteiger partial charge in [-0.05, 0) is 53.5 Å². The number of aryl methyl sites for hydroxylation is 1. The van der Waals surface area contributed by atoms with Gasteiger partial charge >= 0.3 is 0 Å². The second-order valence-electron chi connectivity index (χ2n) is 4.22. The molecule has 0 atom stereocenters. The maximum Gasteiger partial charge on any atom is 0.276 e. The molecule has 1 amide bonds. The number of hydrogen-bond donors (Lipinski definition) is 2. The van der Waals surface area contributed by atoms with Gasteiger partial charge in [-0.3, -0.25) is 4.79 Å². The molecule has 104 valence electrons. The average Bonchev–Trinajstić information content (AvgIpc) is 2.45. The molecule has 1 aromatic heterocycles. The van der Waals surface area contributed by atoms with E-state index in [2.05, 4.69) is 36.8 Å². The van der Waals surface area contributed by atoms with Crippen molar-refractivity contribution in [3.63, 3.8) is 0 Å². The van der Waals surface area contributed by atoms with Crippen LogP contribution in [0.15, 0.2) is 34.8 Å². The first-order valence-electron chi connectivity index (χ1n) is 6.26. The van der Waals surface area contributed by atoms with Gasteiger partial charge in [-0.1, -0.05) is 12.1 Å². The Labute approximate surface area is 125 Å². The van der Waals surface area contributed by atoms with Crippen LogP contribution in [0.3, 0.4) is 0 Å². The smallest absolute Gasteiger partial charge is 0.276 e. The molecule has 0 bridgehead atoms. The molecule has 6 heteroatoms.